The average molecular weight is 507 g/mol. The molecule has 35 heavy (non-hydrogen) atoms. The fourth-order valence-electron chi connectivity index (χ4n) is 2.39. The summed E-state index contributed by atoms with van der Waals surface area (Å²) in [7, 11) is -3.08. The van der Waals surface area contributed by atoms with Crippen molar-refractivity contribution in [2.24, 2.45) is 10.5 Å². The van der Waals surface area contributed by atoms with Gasteiger partial charge in [0.25, 0.3) is 0 Å². The number of likely N-dealkylation sites (N-methyl/N-ethyl adjacent to an activating group) is 1. The molecular formula is C22H26N3O9P. The third-order valence-corrected chi connectivity index (χ3v) is 5.43. The van der Waals surface area contributed by atoms with Gasteiger partial charge < -0.3 is 24.8 Å². The second-order valence-electron chi connectivity index (χ2n) is 6.68. The van der Waals surface area contributed by atoms with Crippen LogP contribution in [-0.2, 0) is 32.6 Å². The monoisotopic (exact) mass is 507 g/mol. The van der Waals surface area contributed by atoms with E-state index in [9.17, 15) is 18.9 Å². The van der Waals surface area contributed by atoms with E-state index in [1.807, 2.05) is 0 Å². The molecule has 0 unspecified atom stereocenters. The van der Waals surface area contributed by atoms with Crippen molar-refractivity contribution in [2.45, 2.75) is 6.92 Å². The Hall–Kier alpha value is -3.73. The first kappa shape index (κ1) is 27.5. The summed E-state index contributed by atoms with van der Waals surface area (Å²) in [5.41, 5.74) is 6.29. The van der Waals surface area contributed by atoms with E-state index in [0.717, 1.165) is 4.90 Å². The molecule has 2 rings (SSSR count). The minimum absolute atomic E-state index is 0.161. The minimum Gasteiger partial charge on any atom is -0.465 e. The van der Waals surface area contributed by atoms with Gasteiger partial charge in [-0.3, -0.25) is 13.8 Å². The zero-order chi connectivity index (χ0) is 25.7. The first-order chi connectivity index (χ1) is 16.7. The first-order valence-corrected chi connectivity index (χ1v) is 11.8. The number of nitrogens with two attached hydrogens (primary N) is 1. The normalized spacial score (nSPS) is 11.4. The number of ether oxygens (including phenoxy) is 3. The van der Waals surface area contributed by atoms with Crippen LogP contribution in [0.4, 0.5) is 0 Å². The zero-order valence-electron chi connectivity index (χ0n) is 19.2. The smallest absolute Gasteiger partial charge is 0.462 e. The molecule has 0 saturated carbocycles. The summed E-state index contributed by atoms with van der Waals surface area (Å²) >= 11 is 0. The van der Waals surface area contributed by atoms with Crippen LogP contribution in [-0.4, -0.2) is 62.6 Å². The van der Waals surface area contributed by atoms with E-state index in [1.54, 1.807) is 43.3 Å². The lowest BCUT2D eigenvalue weighted by atomic mass is 10.2. The van der Waals surface area contributed by atoms with Gasteiger partial charge in [0, 0.05) is 7.05 Å². The Morgan fingerprint density at radius 2 is 1.31 bits per heavy atom. The van der Waals surface area contributed by atoms with Crippen LogP contribution in [0.3, 0.4) is 0 Å². The molecule has 12 nitrogen and oxygen atoms in total. The van der Waals surface area contributed by atoms with Gasteiger partial charge in [0.1, 0.15) is 6.54 Å². The zero-order valence-corrected chi connectivity index (χ0v) is 20.1. The van der Waals surface area contributed by atoms with Gasteiger partial charge in [-0.15, -0.1) is 4.76 Å². The van der Waals surface area contributed by atoms with Gasteiger partial charge in [0.15, 0.2) is 0 Å². The second-order valence-corrected chi connectivity index (χ2v) is 8.33. The molecule has 0 amide bonds. The maximum absolute atomic E-state index is 13.1. The number of hydrogen-bond donors (Lipinski definition) is 1. The van der Waals surface area contributed by atoms with Crippen molar-refractivity contribution < 1.29 is 42.2 Å². The largest absolute Gasteiger partial charge is 0.465 e. The van der Waals surface area contributed by atoms with E-state index in [4.69, 9.17) is 29.0 Å². The molecular weight excluding hydrogens is 481 g/mol. The number of carbonyl (C=O) groups is 3. The summed E-state index contributed by atoms with van der Waals surface area (Å²) in [5.74, 6) is -2.49. The molecule has 0 spiro atoms. The van der Waals surface area contributed by atoms with Crippen LogP contribution in [0.5, 0.6) is 0 Å². The fraction of sp³-hybridized carbons (Fsp3) is 0.273. The number of carbonyl (C=O) groups excluding carboxylic acids is 3. The van der Waals surface area contributed by atoms with Crippen LogP contribution in [0, 0.1) is 0 Å². The fourth-order valence-corrected chi connectivity index (χ4v) is 3.35. The van der Waals surface area contributed by atoms with E-state index in [0.29, 0.717) is 0 Å². The van der Waals surface area contributed by atoms with Gasteiger partial charge in [-0.25, -0.2) is 14.2 Å². The third-order valence-electron chi connectivity index (χ3n) is 4.12. The molecule has 0 saturated heterocycles. The van der Waals surface area contributed by atoms with Crippen molar-refractivity contribution >= 4 is 31.6 Å². The lowest BCUT2D eigenvalue weighted by Crippen LogP contribution is -2.38. The Balaban J connectivity index is 2.05. The van der Waals surface area contributed by atoms with Crippen molar-refractivity contribution in [2.75, 3.05) is 33.8 Å². The number of hydrogen-bond acceptors (Lipinski definition) is 9. The number of esters is 3. The highest BCUT2D eigenvalue weighted by Gasteiger charge is 2.28. The molecule has 2 N–H and O–H groups in total. The Labute approximate surface area is 202 Å². The summed E-state index contributed by atoms with van der Waals surface area (Å²) < 4.78 is 41.7. The molecule has 0 aliphatic rings. The van der Waals surface area contributed by atoms with Crippen LogP contribution in [0.25, 0.3) is 0 Å². The molecule has 2 aromatic rings. The Morgan fingerprint density at radius 1 is 0.857 bits per heavy atom. The molecule has 0 bridgehead atoms. The Morgan fingerprint density at radius 3 is 1.74 bits per heavy atom. The van der Waals surface area contributed by atoms with Gasteiger partial charge in [-0.05, 0) is 31.2 Å². The van der Waals surface area contributed by atoms with Crippen LogP contribution < -0.4 is 5.73 Å². The van der Waals surface area contributed by atoms with Crippen LogP contribution in [0.1, 0.15) is 27.6 Å². The predicted molar refractivity (Wildman–Crippen MR) is 124 cm³/mol. The number of benzene rings is 2. The van der Waals surface area contributed by atoms with E-state index in [2.05, 4.69) is 4.76 Å². The molecule has 0 aliphatic carbocycles. The van der Waals surface area contributed by atoms with Gasteiger partial charge in [0.2, 0.25) is 19.5 Å². The van der Waals surface area contributed by atoms with E-state index in [-0.39, 0.29) is 24.3 Å². The minimum atomic E-state index is -4.47. The summed E-state index contributed by atoms with van der Waals surface area (Å²) in [4.78, 5) is 37.0. The summed E-state index contributed by atoms with van der Waals surface area (Å²) in [6.45, 7) is -0.117. The summed E-state index contributed by atoms with van der Waals surface area (Å²) in [5, 5.41) is 0. The SMILES string of the molecule is CCOC(=O)CN(C)/C(N)=N/P(=O)(OCOC(=O)c1ccccc1)OCOC(=O)c1ccccc1. The molecule has 0 radical (unpaired) electrons. The quantitative estimate of drug-likeness (QED) is 0.112. The third kappa shape index (κ3) is 9.57. The maximum Gasteiger partial charge on any atom is 0.462 e. The van der Waals surface area contributed by atoms with Crippen molar-refractivity contribution in [3.05, 3.63) is 71.8 Å². The molecule has 0 aromatic heterocycles. The second kappa shape index (κ2) is 13.9. The predicted octanol–water partition coefficient (Wildman–Crippen LogP) is 2.57. The lowest BCUT2D eigenvalue weighted by Gasteiger charge is -2.19. The highest BCUT2D eigenvalue weighted by Crippen LogP contribution is 2.50. The number of guanidine groups is 1. The van der Waals surface area contributed by atoms with Crippen LogP contribution >= 0.6 is 7.75 Å². The maximum atomic E-state index is 13.1. The molecule has 2 aromatic carbocycles. The van der Waals surface area contributed by atoms with Crippen molar-refractivity contribution in [1.29, 1.82) is 0 Å². The lowest BCUT2D eigenvalue weighted by molar-refractivity contribution is -0.143. The molecule has 13 heteroatoms. The first-order valence-electron chi connectivity index (χ1n) is 10.3. The summed E-state index contributed by atoms with van der Waals surface area (Å²) in [6, 6.07) is 16.0. The standard InChI is InChI=1S/C22H26N3O9P/c1-3-30-19(26)14-25(2)22(23)24-35(29,33-15-31-20(27)17-10-6-4-7-11-17)34-16-32-21(28)18-12-8-5-9-13-18/h4-13H,3,14-16H2,1-2H3,(H2,23,24,29). The van der Waals surface area contributed by atoms with E-state index >= 15 is 0 Å². The van der Waals surface area contributed by atoms with Gasteiger partial charge in [0.05, 0.1) is 17.7 Å². The van der Waals surface area contributed by atoms with Crippen LogP contribution in [0.15, 0.2) is 65.4 Å². The van der Waals surface area contributed by atoms with E-state index < -0.39 is 45.2 Å². The summed E-state index contributed by atoms with van der Waals surface area (Å²) in [6.07, 6.45) is 0. The average Bonchev–Trinajstić information content (AvgIpc) is 2.85. The van der Waals surface area contributed by atoms with Crippen LogP contribution in [0.2, 0.25) is 0 Å². The molecule has 0 aliphatic heterocycles. The topological polar surface area (TPSA) is 156 Å². The molecule has 0 heterocycles. The van der Waals surface area contributed by atoms with Gasteiger partial charge >= 0.3 is 25.7 Å². The number of nitrogens with zero attached hydrogens (tertiary/aromatic N) is 2. The van der Waals surface area contributed by atoms with Gasteiger partial charge in [-0.1, -0.05) is 36.4 Å². The van der Waals surface area contributed by atoms with Crippen molar-refractivity contribution in [3.8, 4) is 0 Å². The number of rotatable bonds is 12. The highest BCUT2D eigenvalue weighted by atomic mass is 31.2. The molecule has 0 fully saturated rings. The Kier molecular flexibility index (Phi) is 10.9. The van der Waals surface area contributed by atoms with Crippen molar-refractivity contribution in [1.82, 2.24) is 4.90 Å². The molecule has 188 valence electrons. The molecule has 0 atom stereocenters. The Bertz CT molecular complexity index is 1000. The van der Waals surface area contributed by atoms with Crippen molar-refractivity contribution in [3.63, 3.8) is 0 Å². The highest BCUT2D eigenvalue weighted by molar-refractivity contribution is 7.52. The van der Waals surface area contributed by atoms with Gasteiger partial charge in [-0.2, -0.15) is 0 Å². The van der Waals surface area contributed by atoms with E-state index in [1.165, 1.54) is 31.3 Å².